The van der Waals surface area contributed by atoms with Gasteiger partial charge in [0.1, 0.15) is 0 Å². The number of nitrogens with zero attached hydrogens (tertiary/aromatic N) is 1. The van der Waals surface area contributed by atoms with E-state index < -0.39 is 0 Å². The van der Waals surface area contributed by atoms with Crippen molar-refractivity contribution in [2.75, 3.05) is 13.1 Å². The van der Waals surface area contributed by atoms with Crippen molar-refractivity contribution in [1.82, 2.24) is 4.90 Å². The Morgan fingerprint density at radius 3 is 2.50 bits per heavy atom. The summed E-state index contributed by atoms with van der Waals surface area (Å²) in [5.41, 5.74) is 0. The fourth-order valence-electron chi connectivity index (χ4n) is 2.56. The van der Waals surface area contributed by atoms with Crippen LogP contribution in [0.5, 0.6) is 0 Å². The Bertz CT molecular complexity index is 213. The van der Waals surface area contributed by atoms with Gasteiger partial charge >= 0.3 is 0 Å². The van der Waals surface area contributed by atoms with Crippen LogP contribution in [0.4, 0.5) is 0 Å². The van der Waals surface area contributed by atoms with Crippen LogP contribution in [0.1, 0.15) is 38.5 Å². The van der Waals surface area contributed by atoms with Crippen molar-refractivity contribution in [1.29, 1.82) is 0 Å². The van der Waals surface area contributed by atoms with Gasteiger partial charge in [0.25, 0.3) is 0 Å². The quantitative estimate of drug-likeness (QED) is 0.663. The summed E-state index contributed by atoms with van der Waals surface area (Å²) in [6.45, 7) is 1.91. The molecule has 2 aliphatic rings. The van der Waals surface area contributed by atoms with E-state index in [0.29, 0.717) is 16.7 Å². The lowest BCUT2D eigenvalue weighted by molar-refractivity contribution is -0.136. The van der Waals surface area contributed by atoms with Crippen molar-refractivity contribution in [3.63, 3.8) is 0 Å². The van der Waals surface area contributed by atoms with Gasteiger partial charge in [0.2, 0.25) is 5.91 Å². The highest BCUT2D eigenvalue weighted by molar-refractivity contribution is 9.09. The molecule has 0 aromatic heterocycles. The molecule has 1 amide bonds. The minimum absolute atomic E-state index is 0.354. The van der Waals surface area contributed by atoms with E-state index in [4.69, 9.17) is 0 Å². The van der Waals surface area contributed by atoms with Crippen molar-refractivity contribution in [3.05, 3.63) is 0 Å². The molecule has 2 fully saturated rings. The maximum Gasteiger partial charge on any atom is 0.225 e. The second kappa shape index (κ2) is 4.65. The van der Waals surface area contributed by atoms with Crippen LogP contribution < -0.4 is 0 Å². The third kappa shape index (κ3) is 2.30. The lowest BCUT2D eigenvalue weighted by Crippen LogP contribution is -2.42. The molecular weight excluding hydrogens is 242 g/mol. The van der Waals surface area contributed by atoms with Gasteiger partial charge in [0.05, 0.1) is 0 Å². The van der Waals surface area contributed by atoms with Gasteiger partial charge in [-0.05, 0) is 25.7 Å². The summed E-state index contributed by atoms with van der Waals surface area (Å²) in [7, 11) is 0. The van der Waals surface area contributed by atoms with E-state index >= 15 is 0 Å². The lowest BCUT2D eigenvalue weighted by atomic mass is 10.0. The smallest absolute Gasteiger partial charge is 0.225 e. The maximum absolute atomic E-state index is 12.1. The number of likely N-dealkylation sites (tertiary alicyclic amines) is 1. The van der Waals surface area contributed by atoms with Gasteiger partial charge in [-0.1, -0.05) is 28.8 Å². The molecule has 1 saturated carbocycles. The molecule has 2 rings (SSSR count). The molecule has 0 bridgehead atoms. The van der Waals surface area contributed by atoms with Gasteiger partial charge in [-0.3, -0.25) is 4.79 Å². The third-order valence-corrected chi connectivity index (χ3v) is 4.13. The Hall–Kier alpha value is -0.0500. The van der Waals surface area contributed by atoms with Crippen LogP contribution in [0, 0.1) is 5.92 Å². The SMILES string of the molecule is O=C(C1CCCC1)N1CCCC(Br)C1. The zero-order valence-electron chi connectivity index (χ0n) is 8.54. The van der Waals surface area contributed by atoms with Crippen LogP contribution in [0.2, 0.25) is 0 Å². The van der Waals surface area contributed by atoms with Gasteiger partial charge in [0.15, 0.2) is 0 Å². The predicted octanol–water partition coefficient (Wildman–Crippen LogP) is 2.56. The molecule has 0 aromatic carbocycles. The molecule has 0 aromatic rings. The number of carbonyl (C=O) groups excluding carboxylic acids is 1. The first-order valence-corrected chi connectivity index (χ1v) is 6.62. The second-order valence-electron chi connectivity index (χ2n) is 4.51. The molecule has 1 atom stereocenters. The molecule has 1 aliphatic heterocycles. The van der Waals surface area contributed by atoms with E-state index in [9.17, 15) is 4.79 Å². The number of halogens is 1. The van der Waals surface area contributed by atoms with Gasteiger partial charge in [-0.2, -0.15) is 0 Å². The molecule has 80 valence electrons. The van der Waals surface area contributed by atoms with E-state index in [-0.39, 0.29) is 0 Å². The molecule has 1 unspecified atom stereocenters. The monoisotopic (exact) mass is 259 g/mol. The Labute approximate surface area is 94.2 Å². The Balaban J connectivity index is 1.89. The molecule has 3 heteroatoms. The first kappa shape index (κ1) is 10.5. The second-order valence-corrected chi connectivity index (χ2v) is 5.80. The largest absolute Gasteiger partial charge is 0.341 e. The average Bonchev–Trinajstić information content (AvgIpc) is 2.69. The maximum atomic E-state index is 12.1. The summed E-state index contributed by atoms with van der Waals surface area (Å²) in [6.07, 6.45) is 7.14. The molecule has 0 N–H and O–H groups in total. The van der Waals surface area contributed by atoms with Gasteiger partial charge in [-0.25, -0.2) is 0 Å². The van der Waals surface area contributed by atoms with Crippen molar-refractivity contribution in [3.8, 4) is 0 Å². The summed E-state index contributed by atoms with van der Waals surface area (Å²) < 4.78 is 0. The van der Waals surface area contributed by atoms with Crippen LogP contribution in [-0.2, 0) is 4.79 Å². The number of hydrogen-bond acceptors (Lipinski definition) is 1. The van der Waals surface area contributed by atoms with Crippen LogP contribution in [0.25, 0.3) is 0 Å². The number of amides is 1. The minimum Gasteiger partial charge on any atom is -0.341 e. The lowest BCUT2D eigenvalue weighted by Gasteiger charge is -2.32. The number of carbonyl (C=O) groups is 1. The van der Waals surface area contributed by atoms with Crippen molar-refractivity contribution < 1.29 is 4.79 Å². The molecule has 1 saturated heterocycles. The Morgan fingerprint density at radius 2 is 1.86 bits per heavy atom. The standard InChI is InChI=1S/C11H18BrNO/c12-10-6-3-7-13(8-10)11(14)9-4-1-2-5-9/h9-10H,1-8H2. The van der Waals surface area contributed by atoms with Crippen molar-refractivity contribution in [2.45, 2.75) is 43.4 Å². The molecule has 14 heavy (non-hydrogen) atoms. The van der Waals surface area contributed by atoms with E-state index in [1.807, 2.05) is 0 Å². The fraction of sp³-hybridized carbons (Fsp3) is 0.909. The molecule has 0 radical (unpaired) electrons. The van der Waals surface area contributed by atoms with Crippen molar-refractivity contribution >= 4 is 21.8 Å². The fourth-order valence-corrected chi connectivity index (χ4v) is 3.23. The highest BCUT2D eigenvalue weighted by atomic mass is 79.9. The van der Waals surface area contributed by atoms with E-state index in [2.05, 4.69) is 20.8 Å². The van der Waals surface area contributed by atoms with E-state index in [0.717, 1.165) is 32.4 Å². The van der Waals surface area contributed by atoms with Crippen LogP contribution in [0.3, 0.4) is 0 Å². The van der Waals surface area contributed by atoms with Gasteiger partial charge < -0.3 is 4.90 Å². The molecule has 1 aliphatic carbocycles. The van der Waals surface area contributed by atoms with Crippen molar-refractivity contribution in [2.24, 2.45) is 5.92 Å². The zero-order chi connectivity index (χ0) is 9.97. The summed E-state index contributed by atoms with van der Waals surface area (Å²) in [5, 5.41) is 0. The topological polar surface area (TPSA) is 20.3 Å². The average molecular weight is 260 g/mol. The molecule has 1 heterocycles. The Morgan fingerprint density at radius 1 is 1.14 bits per heavy atom. The van der Waals surface area contributed by atoms with Crippen LogP contribution in [0.15, 0.2) is 0 Å². The van der Waals surface area contributed by atoms with Gasteiger partial charge in [0, 0.05) is 23.8 Å². The number of rotatable bonds is 1. The summed E-state index contributed by atoms with van der Waals surface area (Å²) in [5.74, 6) is 0.777. The molecular formula is C11H18BrNO. The first-order chi connectivity index (χ1) is 6.77. The molecule has 0 spiro atoms. The van der Waals surface area contributed by atoms with Crippen LogP contribution in [-0.4, -0.2) is 28.7 Å². The number of alkyl halides is 1. The summed E-state index contributed by atoms with van der Waals surface area (Å²) in [6, 6.07) is 0. The highest BCUT2D eigenvalue weighted by Crippen LogP contribution is 2.28. The van der Waals surface area contributed by atoms with E-state index in [1.165, 1.54) is 19.3 Å². The summed E-state index contributed by atoms with van der Waals surface area (Å²) in [4.78, 5) is 14.6. The van der Waals surface area contributed by atoms with Gasteiger partial charge in [-0.15, -0.1) is 0 Å². The first-order valence-electron chi connectivity index (χ1n) is 5.70. The predicted molar refractivity (Wildman–Crippen MR) is 60.5 cm³/mol. The third-order valence-electron chi connectivity index (χ3n) is 3.38. The zero-order valence-corrected chi connectivity index (χ0v) is 10.1. The minimum atomic E-state index is 0.354. The number of hydrogen-bond donors (Lipinski definition) is 0. The number of piperidine rings is 1. The summed E-state index contributed by atoms with van der Waals surface area (Å²) >= 11 is 3.61. The Kier molecular flexibility index (Phi) is 3.47. The van der Waals surface area contributed by atoms with Crippen LogP contribution >= 0.6 is 15.9 Å². The van der Waals surface area contributed by atoms with E-state index in [1.54, 1.807) is 0 Å². The molecule has 2 nitrogen and oxygen atoms in total. The highest BCUT2D eigenvalue weighted by Gasteiger charge is 2.29. The normalized spacial score (nSPS) is 29.5.